The molecule has 14 heavy (non-hydrogen) atoms. The van der Waals surface area contributed by atoms with E-state index in [1.54, 1.807) is 0 Å². The van der Waals surface area contributed by atoms with Crippen molar-refractivity contribution < 1.29 is 23.8 Å². The van der Waals surface area contributed by atoms with E-state index in [0.29, 0.717) is 6.61 Å². The molecular formula is C8H9NO5. The Morgan fingerprint density at radius 3 is 2.93 bits per heavy atom. The molecule has 3 saturated heterocycles. The van der Waals surface area contributed by atoms with Gasteiger partial charge in [0.15, 0.2) is 12.2 Å². The molecule has 0 aromatic heterocycles. The molecule has 0 aliphatic carbocycles. The van der Waals surface area contributed by atoms with Crippen molar-refractivity contribution in [3.63, 3.8) is 0 Å². The third-order valence-corrected chi connectivity index (χ3v) is 2.77. The summed E-state index contributed by atoms with van der Waals surface area (Å²) < 4.78 is 15.4. The van der Waals surface area contributed by atoms with Crippen LogP contribution in [0.4, 0.5) is 4.79 Å². The van der Waals surface area contributed by atoms with Crippen LogP contribution < -0.4 is 5.32 Å². The molecule has 3 rings (SSSR count). The van der Waals surface area contributed by atoms with Gasteiger partial charge in [0.25, 0.3) is 0 Å². The first-order valence-corrected chi connectivity index (χ1v) is 4.52. The van der Waals surface area contributed by atoms with E-state index in [4.69, 9.17) is 14.2 Å². The van der Waals surface area contributed by atoms with Gasteiger partial charge in [-0.1, -0.05) is 0 Å². The first-order chi connectivity index (χ1) is 6.74. The van der Waals surface area contributed by atoms with Crippen LogP contribution in [0.25, 0.3) is 0 Å². The molecule has 1 amide bonds. The lowest BCUT2D eigenvalue weighted by molar-refractivity contribution is -0.147. The zero-order chi connectivity index (χ0) is 9.71. The van der Waals surface area contributed by atoms with Crippen LogP contribution in [0, 0.1) is 0 Å². The third kappa shape index (κ3) is 1.00. The molecule has 6 nitrogen and oxygen atoms in total. The van der Waals surface area contributed by atoms with Crippen LogP contribution in [0.2, 0.25) is 0 Å². The van der Waals surface area contributed by atoms with Crippen LogP contribution in [0.1, 0.15) is 6.42 Å². The highest BCUT2D eigenvalue weighted by Gasteiger charge is 2.52. The van der Waals surface area contributed by atoms with Crippen molar-refractivity contribution in [1.29, 1.82) is 0 Å². The van der Waals surface area contributed by atoms with E-state index < -0.39 is 6.09 Å². The van der Waals surface area contributed by atoms with E-state index in [2.05, 4.69) is 5.32 Å². The molecular weight excluding hydrogens is 190 g/mol. The molecule has 0 spiro atoms. The van der Waals surface area contributed by atoms with Crippen molar-refractivity contribution in [2.45, 2.75) is 30.8 Å². The topological polar surface area (TPSA) is 73.9 Å². The summed E-state index contributed by atoms with van der Waals surface area (Å²) in [4.78, 5) is 22.0. The van der Waals surface area contributed by atoms with Gasteiger partial charge in [-0.15, -0.1) is 0 Å². The Bertz CT molecular complexity index is 274. The zero-order valence-electron chi connectivity index (χ0n) is 7.26. The maximum absolute atomic E-state index is 11.0. The van der Waals surface area contributed by atoms with Crippen LogP contribution >= 0.6 is 0 Å². The standard InChI is InChI=1S/C8H9NO5/c10-5-1-3-7(14-5)6-4(2-12-3)13-8(11)9-6/h3-4,6-7H,1-2H2,(H,9,11)/t3-,4-,6-,7+/m0/s1. The summed E-state index contributed by atoms with van der Waals surface area (Å²) in [5.41, 5.74) is 0. The summed E-state index contributed by atoms with van der Waals surface area (Å²) in [6, 6.07) is -0.243. The second-order valence-electron chi connectivity index (χ2n) is 3.64. The molecule has 3 fully saturated rings. The van der Waals surface area contributed by atoms with Crippen molar-refractivity contribution in [3.8, 4) is 0 Å². The predicted molar refractivity (Wildman–Crippen MR) is 41.4 cm³/mol. The molecule has 4 atom stereocenters. The molecule has 0 aromatic carbocycles. The summed E-state index contributed by atoms with van der Waals surface area (Å²) >= 11 is 0. The van der Waals surface area contributed by atoms with Crippen molar-refractivity contribution in [1.82, 2.24) is 5.32 Å². The van der Waals surface area contributed by atoms with Gasteiger partial charge in [-0.05, 0) is 0 Å². The Morgan fingerprint density at radius 1 is 1.21 bits per heavy atom. The molecule has 3 heterocycles. The number of carbonyl (C=O) groups excluding carboxylic acids is 2. The van der Waals surface area contributed by atoms with Gasteiger partial charge < -0.3 is 19.5 Å². The Balaban J connectivity index is 1.84. The highest BCUT2D eigenvalue weighted by molar-refractivity contribution is 5.74. The second kappa shape index (κ2) is 2.60. The molecule has 3 aliphatic heterocycles. The largest absolute Gasteiger partial charge is 0.457 e. The number of hydrogen-bond acceptors (Lipinski definition) is 5. The fraction of sp³-hybridized carbons (Fsp3) is 0.750. The average Bonchev–Trinajstić information content (AvgIpc) is 2.65. The minimum atomic E-state index is -0.466. The lowest BCUT2D eigenvalue weighted by Gasteiger charge is -2.31. The monoisotopic (exact) mass is 199 g/mol. The number of esters is 1. The summed E-state index contributed by atoms with van der Waals surface area (Å²) in [7, 11) is 0. The maximum atomic E-state index is 11.0. The van der Waals surface area contributed by atoms with Gasteiger partial charge in [-0.3, -0.25) is 4.79 Å². The third-order valence-electron chi connectivity index (χ3n) is 2.77. The first-order valence-electron chi connectivity index (χ1n) is 4.52. The van der Waals surface area contributed by atoms with Gasteiger partial charge in [-0.25, -0.2) is 4.79 Å². The minimum absolute atomic E-state index is 0.231. The molecule has 0 aromatic rings. The Morgan fingerprint density at radius 2 is 2.07 bits per heavy atom. The Kier molecular flexibility index (Phi) is 1.49. The smallest absolute Gasteiger partial charge is 0.408 e. The van der Waals surface area contributed by atoms with Crippen LogP contribution in [-0.2, 0) is 19.0 Å². The Hall–Kier alpha value is -1.30. The maximum Gasteiger partial charge on any atom is 0.408 e. The minimum Gasteiger partial charge on any atom is -0.457 e. The van der Waals surface area contributed by atoms with Crippen molar-refractivity contribution in [2.24, 2.45) is 0 Å². The average molecular weight is 199 g/mol. The van der Waals surface area contributed by atoms with Crippen molar-refractivity contribution >= 4 is 12.1 Å². The number of rotatable bonds is 0. The van der Waals surface area contributed by atoms with E-state index in [1.165, 1.54) is 0 Å². The van der Waals surface area contributed by atoms with Gasteiger partial charge in [0.1, 0.15) is 12.1 Å². The summed E-state index contributed by atoms with van der Waals surface area (Å²) in [5.74, 6) is -0.276. The predicted octanol–water partition coefficient (Wildman–Crippen LogP) is -0.822. The summed E-state index contributed by atoms with van der Waals surface area (Å²) in [6.07, 6.45) is -1.13. The van der Waals surface area contributed by atoms with Crippen LogP contribution in [0.5, 0.6) is 0 Å². The summed E-state index contributed by atoms with van der Waals surface area (Å²) in [5, 5.41) is 2.63. The number of alkyl carbamates (subject to hydrolysis) is 1. The van der Waals surface area contributed by atoms with Crippen molar-refractivity contribution in [3.05, 3.63) is 0 Å². The molecule has 0 saturated carbocycles. The van der Waals surface area contributed by atoms with Crippen molar-refractivity contribution in [2.75, 3.05) is 6.61 Å². The lowest BCUT2D eigenvalue weighted by Crippen LogP contribution is -2.53. The van der Waals surface area contributed by atoms with Gasteiger partial charge in [0.2, 0.25) is 0 Å². The fourth-order valence-electron chi connectivity index (χ4n) is 2.14. The summed E-state index contributed by atoms with van der Waals surface area (Å²) in [6.45, 7) is 0.335. The zero-order valence-corrected chi connectivity index (χ0v) is 7.26. The quantitative estimate of drug-likeness (QED) is 0.516. The molecule has 76 valence electrons. The number of carbonyl (C=O) groups is 2. The molecule has 0 bridgehead atoms. The molecule has 0 radical (unpaired) electrons. The van der Waals surface area contributed by atoms with Crippen LogP contribution in [-0.4, -0.2) is 43.0 Å². The lowest BCUT2D eigenvalue weighted by atomic mass is 9.98. The number of fused-ring (bicyclic) bond motifs is 3. The highest BCUT2D eigenvalue weighted by atomic mass is 16.6. The second-order valence-corrected chi connectivity index (χ2v) is 3.64. The van der Waals surface area contributed by atoms with Gasteiger partial charge >= 0.3 is 12.1 Å². The van der Waals surface area contributed by atoms with E-state index in [1.807, 2.05) is 0 Å². The molecule has 1 N–H and O–H groups in total. The van der Waals surface area contributed by atoms with Gasteiger partial charge in [0.05, 0.1) is 13.0 Å². The number of amides is 1. The fourth-order valence-corrected chi connectivity index (χ4v) is 2.14. The van der Waals surface area contributed by atoms with E-state index in [-0.39, 0.29) is 36.7 Å². The van der Waals surface area contributed by atoms with Gasteiger partial charge in [-0.2, -0.15) is 0 Å². The first kappa shape index (κ1) is 8.05. The van der Waals surface area contributed by atoms with E-state index in [9.17, 15) is 9.59 Å². The van der Waals surface area contributed by atoms with E-state index in [0.717, 1.165) is 0 Å². The van der Waals surface area contributed by atoms with Crippen LogP contribution in [0.15, 0.2) is 0 Å². The molecule has 3 aliphatic rings. The molecule has 0 unspecified atom stereocenters. The normalized spacial score (nSPS) is 44.9. The SMILES string of the molecule is O=C1C[C@@H]2OC[C@@H]3OC(=O)N[C@@H]3[C@@H]2O1. The number of ether oxygens (including phenoxy) is 3. The van der Waals surface area contributed by atoms with Crippen LogP contribution in [0.3, 0.4) is 0 Å². The Labute approximate surface area is 79.5 Å². The van der Waals surface area contributed by atoms with Gasteiger partial charge in [0, 0.05) is 0 Å². The number of hydrogen-bond donors (Lipinski definition) is 1. The van der Waals surface area contributed by atoms with E-state index >= 15 is 0 Å². The molecule has 6 heteroatoms. The highest BCUT2D eigenvalue weighted by Crippen LogP contribution is 2.30. The number of nitrogens with one attached hydrogen (secondary N) is 1.